The minimum atomic E-state index is -0.608. The Morgan fingerprint density at radius 2 is 1.85 bits per heavy atom. The molecule has 1 aromatic carbocycles. The molecule has 0 aliphatic rings. The van der Waals surface area contributed by atoms with Crippen molar-refractivity contribution in [1.82, 2.24) is 20.4 Å². The minimum absolute atomic E-state index is 0.125. The molecule has 0 unspecified atom stereocenters. The lowest BCUT2D eigenvalue weighted by Crippen LogP contribution is -2.37. The molecule has 1 atom stereocenters. The van der Waals surface area contributed by atoms with Crippen LogP contribution < -0.4 is 10.6 Å². The molecule has 1 heterocycles. The fourth-order valence-corrected chi connectivity index (χ4v) is 2.57. The van der Waals surface area contributed by atoms with Crippen molar-refractivity contribution in [1.29, 1.82) is 0 Å². The highest BCUT2D eigenvalue weighted by Crippen LogP contribution is 2.23. The van der Waals surface area contributed by atoms with Gasteiger partial charge in [-0.15, -0.1) is 0 Å². The van der Waals surface area contributed by atoms with E-state index in [1.807, 2.05) is 48.1 Å². The van der Waals surface area contributed by atoms with Crippen molar-refractivity contribution in [2.75, 3.05) is 7.05 Å². The summed E-state index contributed by atoms with van der Waals surface area (Å²) >= 11 is 0. The van der Waals surface area contributed by atoms with Gasteiger partial charge in [0.05, 0.1) is 18.2 Å². The predicted octanol–water partition coefficient (Wildman–Crippen LogP) is 3.27. The summed E-state index contributed by atoms with van der Waals surface area (Å²) in [4.78, 5) is 24.0. The first kappa shape index (κ1) is 20.5. The van der Waals surface area contributed by atoms with Crippen LogP contribution in [0.1, 0.15) is 45.7 Å². The van der Waals surface area contributed by atoms with Crippen LogP contribution in [0.25, 0.3) is 11.3 Å². The van der Waals surface area contributed by atoms with Crippen LogP contribution in [0.3, 0.4) is 0 Å². The SMILES string of the molecule is CCn1ccc(-c2ccc([C@H](CC(=O)NC)NC(=O)OC(C)(C)C)cc2)n1. The molecular weight excluding hydrogens is 344 g/mol. The van der Waals surface area contributed by atoms with Crippen LogP contribution >= 0.6 is 0 Å². The van der Waals surface area contributed by atoms with Crippen LogP contribution in [0.15, 0.2) is 36.5 Å². The molecule has 0 saturated carbocycles. The first-order chi connectivity index (χ1) is 12.7. The zero-order valence-corrected chi connectivity index (χ0v) is 16.6. The number of carbonyl (C=O) groups is 2. The molecule has 7 heteroatoms. The number of aryl methyl sites for hydroxylation is 1. The van der Waals surface area contributed by atoms with Crippen LogP contribution in [0.4, 0.5) is 4.79 Å². The second-order valence-electron chi connectivity index (χ2n) is 7.25. The standard InChI is InChI=1S/C20H28N4O3/c1-6-24-12-11-16(23-24)14-7-9-15(10-8-14)17(13-18(25)21-5)22-19(26)27-20(2,3)4/h7-12,17H,6,13H2,1-5H3,(H,21,25)(H,22,26)/t17-/m0/s1. The van der Waals surface area contributed by atoms with Gasteiger partial charge in [0.1, 0.15) is 5.60 Å². The van der Waals surface area contributed by atoms with Crippen LogP contribution in [-0.2, 0) is 16.1 Å². The molecule has 0 aliphatic heterocycles. The third-order valence-corrected chi connectivity index (χ3v) is 3.93. The van der Waals surface area contributed by atoms with Gasteiger partial charge >= 0.3 is 6.09 Å². The van der Waals surface area contributed by atoms with E-state index in [4.69, 9.17) is 4.74 Å². The number of hydrogen-bond acceptors (Lipinski definition) is 4. The van der Waals surface area contributed by atoms with E-state index in [0.29, 0.717) is 0 Å². The Bertz CT molecular complexity index is 775. The molecule has 0 bridgehead atoms. The number of nitrogens with zero attached hydrogens (tertiary/aromatic N) is 2. The first-order valence-electron chi connectivity index (χ1n) is 9.05. The number of nitrogens with one attached hydrogen (secondary N) is 2. The molecule has 0 spiro atoms. The molecule has 0 fully saturated rings. The van der Waals surface area contributed by atoms with Crippen molar-refractivity contribution < 1.29 is 14.3 Å². The van der Waals surface area contributed by atoms with Crippen LogP contribution in [0.5, 0.6) is 0 Å². The minimum Gasteiger partial charge on any atom is -0.444 e. The number of amides is 2. The molecule has 0 radical (unpaired) electrons. The highest BCUT2D eigenvalue weighted by atomic mass is 16.6. The molecule has 0 saturated heterocycles. The highest BCUT2D eigenvalue weighted by molar-refractivity contribution is 5.78. The van der Waals surface area contributed by atoms with Gasteiger partial charge in [0.25, 0.3) is 0 Å². The number of hydrogen-bond donors (Lipinski definition) is 2. The van der Waals surface area contributed by atoms with Gasteiger partial charge in [0.15, 0.2) is 0 Å². The molecule has 2 amide bonds. The molecule has 2 aromatic rings. The Morgan fingerprint density at radius 1 is 1.19 bits per heavy atom. The van der Waals surface area contributed by atoms with Crippen LogP contribution in [0.2, 0.25) is 0 Å². The fourth-order valence-electron chi connectivity index (χ4n) is 2.57. The molecule has 1 aromatic heterocycles. The van der Waals surface area contributed by atoms with Gasteiger partial charge in [-0.2, -0.15) is 5.10 Å². The Labute approximate surface area is 160 Å². The monoisotopic (exact) mass is 372 g/mol. The zero-order valence-electron chi connectivity index (χ0n) is 16.6. The lowest BCUT2D eigenvalue weighted by molar-refractivity contribution is -0.121. The number of alkyl carbamates (subject to hydrolysis) is 1. The van der Waals surface area contributed by atoms with Crippen LogP contribution in [0, 0.1) is 0 Å². The van der Waals surface area contributed by atoms with E-state index in [1.165, 1.54) is 0 Å². The Balaban J connectivity index is 2.18. The average Bonchev–Trinajstić information content (AvgIpc) is 3.08. The van der Waals surface area contributed by atoms with Gasteiger partial charge in [0, 0.05) is 25.4 Å². The average molecular weight is 372 g/mol. The normalized spacial score (nSPS) is 12.3. The van der Waals surface area contributed by atoms with Gasteiger partial charge < -0.3 is 15.4 Å². The van der Waals surface area contributed by atoms with E-state index in [9.17, 15) is 9.59 Å². The lowest BCUT2D eigenvalue weighted by atomic mass is 10.0. The summed E-state index contributed by atoms with van der Waals surface area (Å²) in [6.07, 6.45) is 1.50. The summed E-state index contributed by atoms with van der Waals surface area (Å²) in [5, 5.41) is 9.86. The Kier molecular flexibility index (Phi) is 6.60. The zero-order chi connectivity index (χ0) is 20.0. The van der Waals surface area contributed by atoms with Gasteiger partial charge in [-0.05, 0) is 39.3 Å². The molecule has 2 N–H and O–H groups in total. The summed E-state index contributed by atoms with van der Waals surface area (Å²) in [6, 6.07) is 9.13. The predicted molar refractivity (Wildman–Crippen MR) is 104 cm³/mol. The number of ether oxygens (including phenoxy) is 1. The van der Waals surface area contributed by atoms with E-state index < -0.39 is 17.7 Å². The fraction of sp³-hybridized carbons (Fsp3) is 0.450. The van der Waals surface area contributed by atoms with Crippen molar-refractivity contribution in [3.05, 3.63) is 42.1 Å². The highest BCUT2D eigenvalue weighted by Gasteiger charge is 2.22. The van der Waals surface area contributed by atoms with E-state index in [2.05, 4.69) is 15.7 Å². The molecular formula is C20H28N4O3. The van der Waals surface area contributed by atoms with E-state index in [1.54, 1.807) is 27.8 Å². The third-order valence-electron chi connectivity index (χ3n) is 3.93. The number of aromatic nitrogens is 2. The van der Waals surface area contributed by atoms with E-state index in [0.717, 1.165) is 23.4 Å². The Hall–Kier alpha value is -2.83. The van der Waals surface area contributed by atoms with Gasteiger partial charge in [-0.3, -0.25) is 9.48 Å². The summed E-state index contributed by atoms with van der Waals surface area (Å²) in [6.45, 7) is 8.23. The number of benzene rings is 1. The van der Waals surface area contributed by atoms with Gasteiger partial charge in [-0.1, -0.05) is 24.3 Å². The van der Waals surface area contributed by atoms with Gasteiger partial charge in [0.2, 0.25) is 5.91 Å². The van der Waals surface area contributed by atoms with Crippen LogP contribution in [-0.4, -0.2) is 34.4 Å². The largest absolute Gasteiger partial charge is 0.444 e. The first-order valence-corrected chi connectivity index (χ1v) is 9.05. The maximum Gasteiger partial charge on any atom is 0.408 e. The topological polar surface area (TPSA) is 85.2 Å². The Morgan fingerprint density at radius 3 is 2.37 bits per heavy atom. The molecule has 27 heavy (non-hydrogen) atoms. The summed E-state index contributed by atoms with van der Waals surface area (Å²) < 4.78 is 7.18. The number of rotatable bonds is 6. The van der Waals surface area contributed by atoms with Crippen molar-refractivity contribution in [3.63, 3.8) is 0 Å². The van der Waals surface area contributed by atoms with Crippen molar-refractivity contribution in [2.24, 2.45) is 0 Å². The lowest BCUT2D eigenvalue weighted by Gasteiger charge is -2.23. The summed E-state index contributed by atoms with van der Waals surface area (Å²) in [7, 11) is 1.57. The smallest absolute Gasteiger partial charge is 0.408 e. The molecule has 7 nitrogen and oxygen atoms in total. The van der Waals surface area contributed by atoms with Crippen molar-refractivity contribution in [2.45, 2.75) is 52.3 Å². The van der Waals surface area contributed by atoms with E-state index >= 15 is 0 Å². The second-order valence-corrected chi connectivity index (χ2v) is 7.25. The summed E-state index contributed by atoms with van der Waals surface area (Å²) in [5.74, 6) is -0.165. The quantitative estimate of drug-likeness (QED) is 0.815. The third kappa shape index (κ3) is 6.13. The maximum absolute atomic E-state index is 12.2. The van der Waals surface area contributed by atoms with Crippen molar-refractivity contribution >= 4 is 12.0 Å². The summed E-state index contributed by atoms with van der Waals surface area (Å²) in [5.41, 5.74) is 2.07. The molecule has 0 aliphatic carbocycles. The van der Waals surface area contributed by atoms with Crippen molar-refractivity contribution in [3.8, 4) is 11.3 Å². The number of carbonyl (C=O) groups excluding carboxylic acids is 2. The molecule has 2 rings (SSSR count). The van der Waals surface area contributed by atoms with E-state index in [-0.39, 0.29) is 12.3 Å². The molecule has 146 valence electrons. The van der Waals surface area contributed by atoms with Gasteiger partial charge in [-0.25, -0.2) is 4.79 Å². The maximum atomic E-state index is 12.2. The second kappa shape index (κ2) is 8.70.